The molecule has 1 aliphatic carbocycles. The lowest BCUT2D eigenvalue weighted by Crippen LogP contribution is -2.42. The average Bonchev–Trinajstić information content (AvgIpc) is 3.31. The largest absolute Gasteiger partial charge is 0.374 e. The zero-order valence-corrected chi connectivity index (χ0v) is 17.5. The first-order valence-corrected chi connectivity index (χ1v) is 12.0. The van der Waals surface area contributed by atoms with Gasteiger partial charge in [0.15, 0.2) is 0 Å². The first-order chi connectivity index (χ1) is 13.3. The van der Waals surface area contributed by atoms with Crippen LogP contribution in [0.3, 0.4) is 0 Å². The van der Waals surface area contributed by atoms with E-state index in [9.17, 15) is 0 Å². The van der Waals surface area contributed by atoms with Gasteiger partial charge in [-0.05, 0) is 91.8 Å². The van der Waals surface area contributed by atoms with E-state index in [2.05, 4.69) is 33.2 Å². The quantitative estimate of drug-likeness (QED) is 0.556. The summed E-state index contributed by atoms with van der Waals surface area (Å²) in [6, 6.07) is 2.32. The van der Waals surface area contributed by atoms with Crippen molar-refractivity contribution in [2.45, 2.75) is 57.0 Å². The van der Waals surface area contributed by atoms with E-state index in [0.717, 1.165) is 24.4 Å². The highest BCUT2D eigenvalue weighted by molar-refractivity contribution is 7.07. The molecule has 0 spiro atoms. The van der Waals surface area contributed by atoms with Crippen molar-refractivity contribution < 1.29 is 4.74 Å². The van der Waals surface area contributed by atoms with Crippen LogP contribution in [0.25, 0.3) is 0 Å². The summed E-state index contributed by atoms with van der Waals surface area (Å²) in [5, 5.41) is 4.56. The monoisotopic (exact) mass is 388 g/mol. The van der Waals surface area contributed by atoms with Crippen molar-refractivity contribution in [3.05, 3.63) is 35.0 Å². The third-order valence-corrected chi connectivity index (χ3v) is 7.76. The topological polar surface area (TPSA) is 15.7 Å². The van der Waals surface area contributed by atoms with Crippen molar-refractivity contribution in [1.82, 2.24) is 9.80 Å². The highest BCUT2D eigenvalue weighted by Crippen LogP contribution is 2.36. The number of likely N-dealkylation sites (tertiary alicyclic amines) is 2. The van der Waals surface area contributed by atoms with Crippen molar-refractivity contribution in [2.24, 2.45) is 11.8 Å². The number of hydrogen-bond acceptors (Lipinski definition) is 4. The summed E-state index contributed by atoms with van der Waals surface area (Å²) in [5.41, 5.74) is 1.56. The van der Waals surface area contributed by atoms with Crippen LogP contribution in [0.2, 0.25) is 0 Å². The standard InChI is InChI=1S/C23H36N2OS/c1-2-13-26-23(20-4-3-5-20)15-19-6-10-24(11-7-19)18-25-12-8-21(16-25)22-9-14-27-17-22/h2,9,14,17,19-21,23H,1,3-8,10-13,15-16,18H2/t21-,23?/m1/s1. The van der Waals surface area contributed by atoms with Gasteiger partial charge in [0.1, 0.15) is 0 Å². The lowest BCUT2D eigenvalue weighted by Gasteiger charge is -2.39. The lowest BCUT2D eigenvalue weighted by atomic mass is 9.77. The lowest BCUT2D eigenvalue weighted by molar-refractivity contribution is -0.0221. The number of thiophene rings is 1. The van der Waals surface area contributed by atoms with Gasteiger partial charge in [-0.25, -0.2) is 0 Å². The smallest absolute Gasteiger partial charge is 0.0648 e. The van der Waals surface area contributed by atoms with E-state index in [1.54, 1.807) is 5.56 Å². The third kappa shape index (κ3) is 5.23. The Labute approximate surface area is 169 Å². The molecule has 3 fully saturated rings. The van der Waals surface area contributed by atoms with Gasteiger partial charge in [-0.15, -0.1) is 6.58 Å². The van der Waals surface area contributed by atoms with Gasteiger partial charge in [-0.2, -0.15) is 11.3 Å². The van der Waals surface area contributed by atoms with Gasteiger partial charge >= 0.3 is 0 Å². The van der Waals surface area contributed by atoms with Crippen LogP contribution in [0.15, 0.2) is 29.5 Å². The molecule has 1 aromatic heterocycles. The Hall–Kier alpha value is -0.680. The van der Waals surface area contributed by atoms with E-state index in [1.807, 2.05) is 17.4 Å². The second kappa shape index (κ2) is 9.69. The van der Waals surface area contributed by atoms with Crippen LogP contribution in [0.5, 0.6) is 0 Å². The van der Waals surface area contributed by atoms with Crippen LogP contribution in [0.4, 0.5) is 0 Å². The fraction of sp³-hybridized carbons (Fsp3) is 0.739. The molecule has 150 valence electrons. The van der Waals surface area contributed by atoms with Crippen molar-refractivity contribution in [3.63, 3.8) is 0 Å². The minimum atomic E-state index is 0.484. The predicted molar refractivity (Wildman–Crippen MR) is 114 cm³/mol. The van der Waals surface area contributed by atoms with Crippen LogP contribution in [-0.2, 0) is 4.74 Å². The van der Waals surface area contributed by atoms with Crippen molar-refractivity contribution in [2.75, 3.05) is 39.5 Å². The Bertz CT molecular complexity index is 563. The molecular weight excluding hydrogens is 352 g/mol. The summed E-state index contributed by atoms with van der Waals surface area (Å²) < 4.78 is 6.14. The fourth-order valence-electron chi connectivity index (χ4n) is 5.12. The summed E-state index contributed by atoms with van der Waals surface area (Å²) in [7, 11) is 0. The van der Waals surface area contributed by atoms with E-state index in [4.69, 9.17) is 4.74 Å². The molecule has 27 heavy (non-hydrogen) atoms. The molecular formula is C23H36N2OS. The molecule has 0 radical (unpaired) electrons. The van der Waals surface area contributed by atoms with Crippen LogP contribution >= 0.6 is 11.3 Å². The SMILES string of the molecule is C=CCOC(CC1CCN(CN2CC[C@@H](c3ccsc3)C2)CC1)C1CCC1. The molecule has 1 aromatic rings. The van der Waals surface area contributed by atoms with E-state index >= 15 is 0 Å². The highest BCUT2D eigenvalue weighted by atomic mass is 32.1. The van der Waals surface area contributed by atoms with Gasteiger partial charge in [0.05, 0.1) is 19.4 Å². The summed E-state index contributed by atoms with van der Waals surface area (Å²) in [4.78, 5) is 5.36. The van der Waals surface area contributed by atoms with Gasteiger partial charge in [-0.3, -0.25) is 9.80 Å². The molecule has 0 aromatic carbocycles. The molecule has 0 bridgehead atoms. The normalized spacial score (nSPS) is 26.9. The molecule has 0 N–H and O–H groups in total. The molecule has 3 aliphatic rings. The van der Waals surface area contributed by atoms with Crippen LogP contribution in [0, 0.1) is 11.8 Å². The first kappa shape index (κ1) is 19.6. The summed E-state index contributed by atoms with van der Waals surface area (Å²) in [6.45, 7) is 10.8. The molecule has 3 nitrogen and oxygen atoms in total. The Kier molecular flexibility index (Phi) is 7.04. The number of piperidine rings is 1. The van der Waals surface area contributed by atoms with Gasteiger partial charge in [0.2, 0.25) is 0 Å². The van der Waals surface area contributed by atoms with Crippen molar-refractivity contribution >= 4 is 11.3 Å². The molecule has 1 unspecified atom stereocenters. The molecule has 2 aliphatic heterocycles. The Morgan fingerprint density at radius 2 is 1.96 bits per heavy atom. The zero-order valence-electron chi connectivity index (χ0n) is 16.7. The Morgan fingerprint density at radius 3 is 2.63 bits per heavy atom. The van der Waals surface area contributed by atoms with Gasteiger partial charge in [0, 0.05) is 13.1 Å². The fourth-order valence-corrected chi connectivity index (χ4v) is 5.86. The van der Waals surface area contributed by atoms with Gasteiger partial charge in [-0.1, -0.05) is 12.5 Å². The second-order valence-electron chi connectivity index (χ2n) is 8.91. The summed E-state index contributed by atoms with van der Waals surface area (Å²) in [6.07, 6.45) is 11.9. The van der Waals surface area contributed by atoms with Crippen LogP contribution < -0.4 is 0 Å². The molecule has 4 heteroatoms. The van der Waals surface area contributed by atoms with Gasteiger partial charge in [0.25, 0.3) is 0 Å². The molecule has 2 saturated heterocycles. The summed E-state index contributed by atoms with van der Waals surface area (Å²) >= 11 is 1.84. The maximum absolute atomic E-state index is 6.14. The van der Waals surface area contributed by atoms with Crippen molar-refractivity contribution in [3.8, 4) is 0 Å². The summed E-state index contributed by atoms with van der Waals surface area (Å²) in [5.74, 6) is 2.44. The zero-order chi connectivity index (χ0) is 18.5. The molecule has 0 amide bonds. The van der Waals surface area contributed by atoms with E-state index in [0.29, 0.717) is 6.10 Å². The maximum Gasteiger partial charge on any atom is 0.0648 e. The minimum Gasteiger partial charge on any atom is -0.374 e. The third-order valence-electron chi connectivity index (χ3n) is 7.06. The van der Waals surface area contributed by atoms with E-state index in [1.165, 1.54) is 77.8 Å². The van der Waals surface area contributed by atoms with E-state index < -0.39 is 0 Å². The first-order valence-electron chi connectivity index (χ1n) is 11.0. The Morgan fingerprint density at radius 1 is 1.15 bits per heavy atom. The molecule has 4 rings (SSSR count). The highest BCUT2D eigenvalue weighted by Gasteiger charge is 2.32. The Balaban J connectivity index is 1.18. The minimum absolute atomic E-state index is 0.484. The molecule has 2 atom stereocenters. The van der Waals surface area contributed by atoms with Crippen molar-refractivity contribution in [1.29, 1.82) is 0 Å². The maximum atomic E-state index is 6.14. The van der Waals surface area contributed by atoms with Gasteiger partial charge < -0.3 is 4.74 Å². The number of ether oxygens (including phenoxy) is 1. The number of rotatable bonds is 9. The van der Waals surface area contributed by atoms with E-state index in [-0.39, 0.29) is 0 Å². The number of nitrogens with zero attached hydrogens (tertiary/aromatic N) is 2. The molecule has 1 saturated carbocycles. The molecule has 3 heterocycles. The average molecular weight is 389 g/mol. The second-order valence-corrected chi connectivity index (χ2v) is 9.69. The number of hydrogen-bond donors (Lipinski definition) is 0. The predicted octanol–water partition coefficient (Wildman–Crippen LogP) is 4.97. The van der Waals surface area contributed by atoms with Crippen LogP contribution in [0.1, 0.15) is 56.4 Å². The van der Waals surface area contributed by atoms with Crippen LogP contribution in [-0.4, -0.2) is 55.4 Å².